The Labute approximate surface area is 161 Å². The zero-order chi connectivity index (χ0) is 17.5. The molecule has 2 N–H and O–H groups in total. The molecule has 1 aliphatic rings. The molecular weight excluding hydrogens is 478 g/mol. The average Bonchev–Trinajstić information content (AvgIpc) is 2.96. The van der Waals surface area contributed by atoms with Gasteiger partial charge in [-0.15, -0.1) is 0 Å². The van der Waals surface area contributed by atoms with Gasteiger partial charge in [-0.05, 0) is 0 Å². The van der Waals surface area contributed by atoms with Crippen LogP contribution in [0.5, 0.6) is 0 Å². The van der Waals surface area contributed by atoms with Crippen LogP contribution >= 0.6 is 15.9 Å². The van der Waals surface area contributed by atoms with Crippen LogP contribution in [0.25, 0.3) is 0 Å². The monoisotopic (exact) mass is 500 g/mol. The number of nitrogens with zero attached hydrogens (tertiary/aromatic N) is 1. The summed E-state index contributed by atoms with van der Waals surface area (Å²) in [5.74, 6) is 0.111. The molecule has 0 unspecified atom stereocenters. The number of benzene rings is 1. The van der Waals surface area contributed by atoms with E-state index < -0.39 is 21.1 Å². The molecule has 6 heteroatoms. The molecule has 0 bridgehead atoms. The van der Waals surface area contributed by atoms with Crippen LogP contribution in [0.1, 0.15) is 51.0 Å². The fourth-order valence-electron chi connectivity index (χ4n) is 2.54. The second-order valence-electron chi connectivity index (χ2n) is 5.89. The summed E-state index contributed by atoms with van der Waals surface area (Å²) >= 11 is 2.52. The molecule has 0 fully saturated rings. The van der Waals surface area contributed by atoms with Crippen molar-refractivity contribution < 1.29 is 9.18 Å². The zero-order valence-corrected chi connectivity index (χ0v) is 18.3. The van der Waals surface area contributed by atoms with Crippen molar-refractivity contribution in [3.05, 3.63) is 43.8 Å². The summed E-state index contributed by atoms with van der Waals surface area (Å²) in [5, 5.41) is 0. The number of carbonyl (C=O) groups excluding carboxylic acids is 1. The molecule has 3 nitrogen and oxygen atoms in total. The molecule has 2 radical (unpaired) electrons. The van der Waals surface area contributed by atoms with Gasteiger partial charge in [-0.3, -0.25) is 0 Å². The van der Waals surface area contributed by atoms with Gasteiger partial charge in [0.2, 0.25) is 0 Å². The Morgan fingerprint density at radius 2 is 2.00 bits per heavy atom. The number of Topliss-reactive ketones (excluding diaryl/α,β-unsaturated/α-hetero) is 1. The van der Waals surface area contributed by atoms with Crippen molar-refractivity contribution >= 4 is 46.6 Å². The van der Waals surface area contributed by atoms with Crippen molar-refractivity contribution in [2.75, 3.05) is 0 Å². The van der Waals surface area contributed by atoms with E-state index in [0.717, 1.165) is 39.6 Å². The van der Waals surface area contributed by atoms with Crippen LogP contribution in [0.2, 0.25) is 0 Å². The van der Waals surface area contributed by atoms with Gasteiger partial charge >= 0.3 is 162 Å². The molecule has 0 aliphatic carbocycles. The number of carbonyl (C=O) groups is 1. The fourth-order valence-corrected chi connectivity index (χ4v) is 7.63. The van der Waals surface area contributed by atoms with Crippen LogP contribution < -0.4 is 5.73 Å². The maximum absolute atomic E-state index is 13.0. The van der Waals surface area contributed by atoms with Gasteiger partial charge in [0, 0.05) is 0 Å². The number of rotatable bonds is 9. The van der Waals surface area contributed by atoms with Crippen molar-refractivity contribution in [1.82, 2.24) is 0 Å². The Morgan fingerprint density at radius 3 is 2.67 bits per heavy atom. The van der Waals surface area contributed by atoms with Crippen LogP contribution in [0.4, 0.5) is 4.39 Å². The minimum absolute atomic E-state index is 0.0366. The standard InChI is InChI=1S/C18H22BrFN2O.Sn/c1-2-17(23)7-5-3-4-6-16(21)12-18(19)22-13-14-8-10-15(20)11-9-14;/h8-11,16H,2-7,21H2,1H3;/t16-;/m0./s1. The van der Waals surface area contributed by atoms with E-state index in [-0.39, 0.29) is 11.9 Å². The van der Waals surface area contributed by atoms with Gasteiger partial charge in [-0.25, -0.2) is 0 Å². The molecule has 0 saturated heterocycles. The van der Waals surface area contributed by atoms with Gasteiger partial charge in [0.25, 0.3) is 0 Å². The van der Waals surface area contributed by atoms with Gasteiger partial charge in [-0.2, -0.15) is 0 Å². The Balaban J connectivity index is 1.79. The first-order valence-corrected chi connectivity index (χ1v) is 11.9. The summed E-state index contributed by atoms with van der Waals surface area (Å²) in [5.41, 5.74) is 7.36. The average molecular weight is 500 g/mol. The minimum atomic E-state index is -1.02. The molecular formula is C18H22BrFN2OSn. The van der Waals surface area contributed by atoms with Crippen molar-refractivity contribution in [2.24, 2.45) is 10.7 Å². The van der Waals surface area contributed by atoms with E-state index in [4.69, 9.17) is 5.73 Å². The van der Waals surface area contributed by atoms with Crippen molar-refractivity contribution in [3.63, 3.8) is 0 Å². The van der Waals surface area contributed by atoms with E-state index >= 15 is 0 Å². The van der Waals surface area contributed by atoms with E-state index in [0.29, 0.717) is 18.6 Å². The molecule has 24 heavy (non-hydrogen) atoms. The van der Waals surface area contributed by atoms with Crippen LogP contribution in [-0.2, 0) is 4.79 Å². The number of unbranched alkanes of at least 4 members (excludes halogenated alkanes) is 2. The molecule has 0 aromatic heterocycles. The molecule has 1 aromatic rings. The van der Waals surface area contributed by atoms with E-state index in [1.807, 2.05) is 6.92 Å². The predicted octanol–water partition coefficient (Wildman–Crippen LogP) is 4.11. The van der Waals surface area contributed by atoms with Crippen molar-refractivity contribution in [1.29, 1.82) is 0 Å². The van der Waals surface area contributed by atoms with Gasteiger partial charge < -0.3 is 0 Å². The zero-order valence-electron chi connectivity index (χ0n) is 13.8. The molecule has 1 heterocycles. The first-order chi connectivity index (χ1) is 11.5. The molecule has 0 spiro atoms. The third-order valence-electron chi connectivity index (χ3n) is 4.04. The predicted molar refractivity (Wildman–Crippen MR) is 101 cm³/mol. The van der Waals surface area contributed by atoms with Gasteiger partial charge in [0.15, 0.2) is 0 Å². The van der Waals surface area contributed by atoms with Crippen molar-refractivity contribution in [3.8, 4) is 0 Å². The second kappa shape index (κ2) is 9.82. The summed E-state index contributed by atoms with van der Waals surface area (Å²) in [6, 6.07) is 6.55. The number of halogens is 2. The molecule has 1 aliphatic heterocycles. The summed E-state index contributed by atoms with van der Waals surface area (Å²) < 4.78 is 16.3. The SMILES string of the molecule is CCC(=O)CCCCC[C@H](N)[C]1=C(Br)N=[C](c2ccc(F)cc2)[Sn]1. The first kappa shape index (κ1) is 19.8. The number of ketones is 1. The van der Waals surface area contributed by atoms with E-state index in [9.17, 15) is 9.18 Å². The first-order valence-electron chi connectivity index (χ1n) is 8.30. The number of nitrogens with two attached hydrogens (primary N) is 1. The molecule has 128 valence electrons. The molecule has 0 amide bonds. The Bertz CT molecular complexity index is 643. The number of hydrogen-bond donors (Lipinski definition) is 1. The molecule has 2 rings (SSSR count). The summed E-state index contributed by atoms with van der Waals surface area (Å²) in [4.78, 5) is 15.9. The maximum atomic E-state index is 13.0. The van der Waals surface area contributed by atoms with Crippen LogP contribution in [-0.4, -0.2) is 36.7 Å². The van der Waals surface area contributed by atoms with Crippen LogP contribution in [0.3, 0.4) is 0 Å². The topological polar surface area (TPSA) is 55.5 Å². The Hall–Kier alpha value is -0.531. The normalized spacial score (nSPS) is 15.6. The summed E-state index contributed by atoms with van der Waals surface area (Å²) in [6.07, 6.45) is 5.28. The second-order valence-corrected chi connectivity index (χ2v) is 10.2. The van der Waals surface area contributed by atoms with Crippen LogP contribution in [0.15, 0.2) is 37.5 Å². The number of aliphatic imine (C=N–C) groups is 1. The van der Waals surface area contributed by atoms with Gasteiger partial charge in [0.1, 0.15) is 0 Å². The van der Waals surface area contributed by atoms with E-state index in [1.54, 1.807) is 12.1 Å². The van der Waals surface area contributed by atoms with Gasteiger partial charge in [-0.1, -0.05) is 0 Å². The van der Waals surface area contributed by atoms with Crippen molar-refractivity contribution in [2.45, 2.75) is 51.5 Å². The van der Waals surface area contributed by atoms with Gasteiger partial charge in [0.05, 0.1) is 0 Å². The Morgan fingerprint density at radius 1 is 1.29 bits per heavy atom. The summed E-state index contributed by atoms with van der Waals surface area (Å²) in [7, 11) is 0. The quantitative estimate of drug-likeness (QED) is 0.316. The van der Waals surface area contributed by atoms with E-state index in [2.05, 4.69) is 20.9 Å². The molecule has 1 aromatic carbocycles. The third kappa shape index (κ3) is 5.77. The molecule has 1 atom stereocenters. The molecule has 0 saturated carbocycles. The Kier molecular flexibility index (Phi) is 8.10. The number of hydrogen-bond acceptors (Lipinski definition) is 3. The summed E-state index contributed by atoms with van der Waals surface area (Å²) in [6.45, 7) is 1.91. The van der Waals surface area contributed by atoms with E-state index in [1.165, 1.54) is 15.7 Å². The fraction of sp³-hybridized carbons (Fsp3) is 0.444. The third-order valence-corrected chi connectivity index (χ3v) is 10.0. The van der Waals surface area contributed by atoms with Crippen LogP contribution in [0, 0.1) is 5.82 Å².